The van der Waals surface area contributed by atoms with Gasteiger partial charge in [-0.1, -0.05) is 175 Å². The van der Waals surface area contributed by atoms with Gasteiger partial charge in [0.2, 0.25) is 0 Å². The molecule has 0 saturated heterocycles. The first-order valence-electron chi connectivity index (χ1n) is 14.7. The van der Waals surface area contributed by atoms with Crippen LogP contribution in [0.3, 0.4) is 0 Å². The maximum absolute atomic E-state index is 13.3. The van der Waals surface area contributed by atoms with Crippen molar-refractivity contribution in [2.45, 2.75) is 102 Å². The van der Waals surface area contributed by atoms with E-state index in [1.807, 2.05) is 54.6 Å². The maximum Gasteiger partial charge on any atom is 0.307 e. The quantitative estimate of drug-likeness (QED) is 0.0990. The van der Waals surface area contributed by atoms with Crippen LogP contribution in [0.4, 0.5) is 0 Å². The van der Waals surface area contributed by atoms with Gasteiger partial charge in [-0.3, -0.25) is 4.79 Å². The fourth-order valence-electron chi connectivity index (χ4n) is 5.20. The summed E-state index contributed by atoms with van der Waals surface area (Å²) < 4.78 is 6.46. The zero-order valence-electron chi connectivity index (χ0n) is 22.9. The van der Waals surface area contributed by atoms with E-state index >= 15 is 0 Å². The van der Waals surface area contributed by atoms with Crippen molar-refractivity contribution < 1.29 is 9.53 Å². The van der Waals surface area contributed by atoms with Crippen LogP contribution in [0.2, 0.25) is 0 Å². The van der Waals surface area contributed by atoms with Crippen molar-refractivity contribution in [2.75, 3.05) is 0 Å². The number of hydrogen-bond donors (Lipinski definition) is 0. The molecule has 0 aromatic heterocycles. The highest BCUT2D eigenvalue weighted by Gasteiger charge is 2.40. The summed E-state index contributed by atoms with van der Waals surface area (Å²) >= 11 is 0. The smallest absolute Gasteiger partial charge is 0.307 e. The van der Waals surface area contributed by atoms with Gasteiger partial charge in [0.25, 0.3) is 0 Å². The predicted molar refractivity (Wildman–Crippen MR) is 156 cm³/mol. The van der Waals surface area contributed by atoms with E-state index in [1.54, 1.807) is 0 Å². The molecular formula is C35H46O2. The molecule has 0 spiro atoms. The molecule has 3 aromatic carbocycles. The van der Waals surface area contributed by atoms with E-state index < -0.39 is 5.60 Å². The molecule has 198 valence electrons. The van der Waals surface area contributed by atoms with Crippen LogP contribution in [0, 0.1) is 0 Å². The number of ether oxygens (including phenoxy) is 1. The van der Waals surface area contributed by atoms with Gasteiger partial charge in [0.1, 0.15) is 0 Å². The Hall–Kier alpha value is -2.87. The summed E-state index contributed by atoms with van der Waals surface area (Å²) in [5.74, 6) is -0.139. The highest BCUT2D eigenvalue weighted by molar-refractivity contribution is 5.71. The van der Waals surface area contributed by atoms with E-state index in [-0.39, 0.29) is 5.97 Å². The maximum atomic E-state index is 13.3. The van der Waals surface area contributed by atoms with E-state index in [4.69, 9.17) is 4.74 Å². The van der Waals surface area contributed by atoms with E-state index in [1.165, 1.54) is 70.6 Å². The van der Waals surface area contributed by atoms with Crippen molar-refractivity contribution in [1.29, 1.82) is 0 Å². The minimum atomic E-state index is -0.961. The van der Waals surface area contributed by atoms with Gasteiger partial charge < -0.3 is 4.74 Å². The highest BCUT2D eigenvalue weighted by Crippen LogP contribution is 2.40. The Morgan fingerprint density at radius 2 is 0.838 bits per heavy atom. The molecule has 0 bridgehead atoms. The first-order chi connectivity index (χ1) is 18.3. The fourth-order valence-corrected chi connectivity index (χ4v) is 5.20. The lowest BCUT2D eigenvalue weighted by Crippen LogP contribution is -2.35. The van der Waals surface area contributed by atoms with Crippen molar-refractivity contribution >= 4 is 5.97 Å². The summed E-state index contributed by atoms with van der Waals surface area (Å²) in [6.07, 6.45) is 17.2. The molecule has 0 radical (unpaired) electrons. The molecule has 0 heterocycles. The van der Waals surface area contributed by atoms with Gasteiger partial charge in [-0.2, -0.15) is 0 Å². The SMILES string of the molecule is CCCCCCCCCCCCCCCC(=O)OC(c1ccccc1)(c1ccccc1)c1ccccc1. The highest BCUT2D eigenvalue weighted by atomic mass is 16.6. The second-order valence-corrected chi connectivity index (χ2v) is 10.2. The van der Waals surface area contributed by atoms with Crippen molar-refractivity contribution in [2.24, 2.45) is 0 Å². The Morgan fingerprint density at radius 3 is 1.19 bits per heavy atom. The molecule has 0 atom stereocenters. The van der Waals surface area contributed by atoms with Crippen LogP contribution in [0.5, 0.6) is 0 Å². The van der Waals surface area contributed by atoms with Gasteiger partial charge in [0, 0.05) is 23.1 Å². The summed E-state index contributed by atoms with van der Waals surface area (Å²) in [6.45, 7) is 2.27. The van der Waals surface area contributed by atoms with Crippen LogP contribution in [0.1, 0.15) is 114 Å². The molecule has 0 unspecified atom stereocenters. The molecule has 3 rings (SSSR count). The number of rotatable bonds is 18. The topological polar surface area (TPSA) is 26.3 Å². The molecule has 0 aliphatic carbocycles. The monoisotopic (exact) mass is 498 g/mol. The van der Waals surface area contributed by atoms with Crippen LogP contribution in [0.25, 0.3) is 0 Å². The summed E-state index contributed by atoms with van der Waals surface area (Å²) in [4.78, 5) is 13.3. The fraction of sp³-hybridized carbons (Fsp3) is 0.457. The van der Waals surface area contributed by atoms with E-state index in [0.29, 0.717) is 6.42 Å². The van der Waals surface area contributed by atoms with Gasteiger partial charge in [-0.15, -0.1) is 0 Å². The van der Waals surface area contributed by atoms with E-state index in [2.05, 4.69) is 43.3 Å². The zero-order chi connectivity index (χ0) is 26.0. The number of benzene rings is 3. The molecule has 2 heteroatoms. The number of unbranched alkanes of at least 4 members (excludes halogenated alkanes) is 12. The number of esters is 1. The number of hydrogen-bond acceptors (Lipinski definition) is 2. The lowest BCUT2D eigenvalue weighted by Gasteiger charge is -2.35. The normalized spacial score (nSPS) is 11.4. The van der Waals surface area contributed by atoms with Gasteiger partial charge in [0.15, 0.2) is 5.60 Å². The average molecular weight is 499 g/mol. The molecule has 0 amide bonds. The number of carbonyl (C=O) groups is 1. The lowest BCUT2D eigenvalue weighted by atomic mass is 9.80. The minimum Gasteiger partial charge on any atom is -0.444 e. The van der Waals surface area contributed by atoms with Gasteiger partial charge >= 0.3 is 5.97 Å². The van der Waals surface area contributed by atoms with Crippen LogP contribution in [0.15, 0.2) is 91.0 Å². The molecule has 0 aliphatic rings. The van der Waals surface area contributed by atoms with Gasteiger partial charge in [-0.05, 0) is 6.42 Å². The standard InChI is InChI=1S/C35H46O2/c1-2-3-4-5-6-7-8-9-10-11-12-13-23-30-34(36)37-35(31-24-17-14-18-25-31,32-26-19-15-20-27-32)33-28-21-16-22-29-33/h14-22,24-29H,2-13,23,30H2,1H3. The first kappa shape index (κ1) is 28.7. The Balaban J connectivity index is 1.51. The summed E-state index contributed by atoms with van der Waals surface area (Å²) in [5.41, 5.74) is 1.93. The van der Waals surface area contributed by atoms with Crippen molar-refractivity contribution in [1.82, 2.24) is 0 Å². The average Bonchev–Trinajstić information content (AvgIpc) is 2.95. The molecule has 0 aliphatic heterocycles. The molecule has 0 fully saturated rings. The second kappa shape index (κ2) is 16.8. The first-order valence-corrected chi connectivity index (χ1v) is 14.7. The van der Waals surface area contributed by atoms with E-state index in [0.717, 1.165) is 29.5 Å². The van der Waals surface area contributed by atoms with Crippen molar-refractivity contribution in [3.05, 3.63) is 108 Å². The van der Waals surface area contributed by atoms with Crippen LogP contribution in [-0.2, 0) is 15.1 Å². The zero-order valence-corrected chi connectivity index (χ0v) is 22.9. The largest absolute Gasteiger partial charge is 0.444 e. The Bertz CT molecular complexity index is 885. The molecular weight excluding hydrogens is 452 g/mol. The predicted octanol–water partition coefficient (Wildman–Crippen LogP) is 10.0. The van der Waals surface area contributed by atoms with Crippen molar-refractivity contribution in [3.8, 4) is 0 Å². The van der Waals surface area contributed by atoms with Gasteiger partial charge in [-0.25, -0.2) is 0 Å². The van der Waals surface area contributed by atoms with E-state index in [9.17, 15) is 4.79 Å². The van der Waals surface area contributed by atoms with Crippen LogP contribution in [-0.4, -0.2) is 5.97 Å². The molecule has 3 aromatic rings. The molecule has 37 heavy (non-hydrogen) atoms. The molecule has 2 nitrogen and oxygen atoms in total. The molecule has 0 N–H and O–H groups in total. The van der Waals surface area contributed by atoms with Crippen molar-refractivity contribution in [3.63, 3.8) is 0 Å². The Morgan fingerprint density at radius 1 is 0.514 bits per heavy atom. The molecule has 0 saturated carbocycles. The minimum absolute atomic E-state index is 0.139. The number of carbonyl (C=O) groups excluding carboxylic acids is 1. The second-order valence-electron chi connectivity index (χ2n) is 10.2. The summed E-state index contributed by atoms with van der Waals surface area (Å²) in [7, 11) is 0. The third-order valence-corrected chi connectivity index (χ3v) is 7.29. The summed E-state index contributed by atoms with van der Waals surface area (Å²) in [5, 5.41) is 0. The third-order valence-electron chi connectivity index (χ3n) is 7.29. The Labute approximate surface area is 225 Å². The van der Waals surface area contributed by atoms with Crippen LogP contribution < -0.4 is 0 Å². The Kier molecular flexibility index (Phi) is 13.0. The van der Waals surface area contributed by atoms with Gasteiger partial charge in [0.05, 0.1) is 0 Å². The lowest BCUT2D eigenvalue weighted by molar-refractivity contribution is -0.153. The summed E-state index contributed by atoms with van der Waals surface area (Å²) in [6, 6.07) is 30.4. The third kappa shape index (κ3) is 9.18. The van der Waals surface area contributed by atoms with Crippen LogP contribution >= 0.6 is 0 Å².